The molecule has 1 fully saturated rings. The Morgan fingerprint density at radius 3 is 2.78 bits per heavy atom. The van der Waals surface area contributed by atoms with E-state index in [9.17, 15) is 5.11 Å². The van der Waals surface area contributed by atoms with Crippen molar-refractivity contribution >= 4 is 17.3 Å². The van der Waals surface area contributed by atoms with Gasteiger partial charge in [0.05, 0.1) is 24.4 Å². The van der Waals surface area contributed by atoms with Gasteiger partial charge in [0.15, 0.2) is 5.11 Å². The maximum atomic E-state index is 9.59. The highest BCUT2D eigenvalue weighted by atomic mass is 32.1. The number of thiocarbonyl (C=S) groups is 1. The van der Waals surface area contributed by atoms with Crippen molar-refractivity contribution in [3.63, 3.8) is 0 Å². The molecule has 1 aliphatic heterocycles. The third-order valence-electron chi connectivity index (χ3n) is 4.90. The molecule has 0 bridgehead atoms. The van der Waals surface area contributed by atoms with Crippen LogP contribution < -0.4 is 5.32 Å². The number of benzene rings is 1. The first-order chi connectivity index (χ1) is 13.2. The Morgan fingerprint density at radius 1 is 1.15 bits per heavy atom. The molecule has 4 rings (SSSR count). The Balaban J connectivity index is 1.81. The number of aromatic nitrogens is 2. The normalized spacial score (nSPS) is 19.3. The Morgan fingerprint density at radius 2 is 2.04 bits per heavy atom. The van der Waals surface area contributed by atoms with E-state index in [1.54, 1.807) is 6.20 Å². The van der Waals surface area contributed by atoms with E-state index in [0.717, 1.165) is 17.1 Å². The highest BCUT2D eigenvalue weighted by Gasteiger charge is 2.40. The maximum absolute atomic E-state index is 9.59. The second-order valence-corrected chi connectivity index (χ2v) is 7.07. The first-order valence-corrected chi connectivity index (χ1v) is 9.43. The molecule has 2 atom stereocenters. The summed E-state index contributed by atoms with van der Waals surface area (Å²) in [6.07, 6.45) is 3.86. The summed E-state index contributed by atoms with van der Waals surface area (Å²) in [5.41, 5.74) is 4.36. The molecule has 3 heterocycles. The molecule has 1 aromatic carbocycles. The fourth-order valence-electron chi connectivity index (χ4n) is 3.72. The molecule has 0 aliphatic carbocycles. The first kappa shape index (κ1) is 17.7. The van der Waals surface area contributed by atoms with E-state index in [-0.39, 0.29) is 18.7 Å². The average molecular weight is 379 g/mol. The molecule has 5 nitrogen and oxygen atoms in total. The molecule has 0 saturated carbocycles. The minimum Gasteiger partial charge on any atom is -0.395 e. The van der Waals surface area contributed by atoms with Crippen LogP contribution in [-0.4, -0.2) is 37.8 Å². The molecule has 6 heteroatoms. The van der Waals surface area contributed by atoms with Crippen LogP contribution in [0.4, 0.5) is 0 Å². The van der Waals surface area contributed by atoms with Gasteiger partial charge in [-0.2, -0.15) is 0 Å². The summed E-state index contributed by atoms with van der Waals surface area (Å²) in [5.74, 6) is 0. The zero-order valence-electron chi connectivity index (χ0n) is 15.1. The molecule has 0 amide bonds. The monoisotopic (exact) mass is 378 g/mol. The molecule has 1 saturated heterocycles. The van der Waals surface area contributed by atoms with Crippen LogP contribution in [0.2, 0.25) is 0 Å². The van der Waals surface area contributed by atoms with E-state index < -0.39 is 0 Å². The number of nitrogens with one attached hydrogen (secondary N) is 1. The van der Waals surface area contributed by atoms with Gasteiger partial charge in [-0.1, -0.05) is 18.2 Å². The van der Waals surface area contributed by atoms with Gasteiger partial charge >= 0.3 is 0 Å². The van der Waals surface area contributed by atoms with Crippen LogP contribution >= 0.6 is 12.2 Å². The Labute approximate surface area is 164 Å². The zero-order valence-corrected chi connectivity index (χ0v) is 15.9. The molecule has 0 spiro atoms. The fraction of sp³-hybridized carbons (Fsp3) is 0.238. The highest BCUT2D eigenvalue weighted by Crippen LogP contribution is 2.39. The number of rotatable bonds is 5. The minimum atomic E-state index is -0.0799. The van der Waals surface area contributed by atoms with E-state index in [2.05, 4.69) is 63.2 Å². The third-order valence-corrected chi connectivity index (χ3v) is 5.25. The van der Waals surface area contributed by atoms with Crippen molar-refractivity contribution in [2.75, 3.05) is 13.2 Å². The summed E-state index contributed by atoms with van der Waals surface area (Å²) in [5, 5.41) is 13.6. The Hall–Kier alpha value is -2.70. The summed E-state index contributed by atoms with van der Waals surface area (Å²) in [6, 6.07) is 18.3. The van der Waals surface area contributed by atoms with Gasteiger partial charge in [0.1, 0.15) is 0 Å². The number of aliphatic hydroxyl groups is 1. The SMILES string of the molecule is Cc1cccc(-n2cccc2[C@H]2[C@@H](c3ccccn3)NC(=S)N2CCO)c1. The highest BCUT2D eigenvalue weighted by molar-refractivity contribution is 7.80. The van der Waals surface area contributed by atoms with Gasteiger partial charge in [0.2, 0.25) is 0 Å². The van der Waals surface area contributed by atoms with Crippen molar-refractivity contribution in [2.45, 2.75) is 19.0 Å². The van der Waals surface area contributed by atoms with E-state index in [0.29, 0.717) is 11.7 Å². The average Bonchev–Trinajstić information content (AvgIpc) is 3.28. The van der Waals surface area contributed by atoms with Crippen LogP contribution in [0.25, 0.3) is 5.69 Å². The van der Waals surface area contributed by atoms with Gasteiger partial charge < -0.3 is 19.9 Å². The van der Waals surface area contributed by atoms with Crippen LogP contribution in [-0.2, 0) is 0 Å². The van der Waals surface area contributed by atoms with Gasteiger partial charge in [-0.15, -0.1) is 0 Å². The van der Waals surface area contributed by atoms with Crippen LogP contribution in [0.5, 0.6) is 0 Å². The first-order valence-electron chi connectivity index (χ1n) is 9.02. The predicted molar refractivity (Wildman–Crippen MR) is 110 cm³/mol. The molecule has 138 valence electrons. The lowest BCUT2D eigenvalue weighted by atomic mass is 10.0. The summed E-state index contributed by atoms with van der Waals surface area (Å²) < 4.78 is 2.19. The van der Waals surface area contributed by atoms with Crippen molar-refractivity contribution in [1.82, 2.24) is 19.8 Å². The van der Waals surface area contributed by atoms with Crippen LogP contribution in [0, 0.1) is 6.92 Å². The lowest BCUT2D eigenvalue weighted by Crippen LogP contribution is -2.32. The number of nitrogens with zero attached hydrogens (tertiary/aromatic N) is 3. The number of hydrogen-bond donors (Lipinski definition) is 2. The molecule has 3 aromatic rings. The summed E-state index contributed by atoms with van der Waals surface area (Å²) in [7, 11) is 0. The fourth-order valence-corrected chi connectivity index (χ4v) is 4.06. The molecular formula is C21H22N4OS. The van der Waals surface area contributed by atoms with Crippen molar-refractivity contribution < 1.29 is 5.11 Å². The number of hydrogen-bond acceptors (Lipinski definition) is 3. The van der Waals surface area contributed by atoms with Crippen molar-refractivity contribution in [3.8, 4) is 5.69 Å². The molecule has 1 aliphatic rings. The van der Waals surface area contributed by atoms with E-state index in [1.165, 1.54) is 5.56 Å². The predicted octanol–water partition coefficient (Wildman–Crippen LogP) is 3.15. The van der Waals surface area contributed by atoms with Crippen molar-refractivity contribution in [2.24, 2.45) is 0 Å². The van der Waals surface area contributed by atoms with Gasteiger partial charge in [-0.3, -0.25) is 4.98 Å². The topological polar surface area (TPSA) is 53.3 Å². The van der Waals surface area contributed by atoms with Crippen LogP contribution in [0.15, 0.2) is 67.0 Å². The second-order valence-electron chi connectivity index (χ2n) is 6.69. The number of β-amino-alcohol motifs (C(OH)–C–C–N with tert-alkyl or cyclic N) is 1. The van der Waals surface area contributed by atoms with E-state index in [1.807, 2.05) is 24.3 Å². The third kappa shape index (κ3) is 3.34. The lowest BCUT2D eigenvalue weighted by molar-refractivity contribution is 0.220. The lowest BCUT2D eigenvalue weighted by Gasteiger charge is -2.28. The molecule has 0 unspecified atom stereocenters. The standard InChI is InChI=1S/C21H22N4OS/c1-15-6-4-7-16(14-15)24-11-5-9-18(24)20-19(17-8-2-3-10-22-17)23-21(27)25(20)12-13-26/h2-11,14,19-20,26H,12-13H2,1H3,(H,23,27)/t19-,20+/m1/s1. The van der Waals surface area contributed by atoms with Crippen LogP contribution in [0.3, 0.4) is 0 Å². The summed E-state index contributed by atoms with van der Waals surface area (Å²) in [4.78, 5) is 6.60. The Kier molecular flexibility index (Phi) is 4.92. The van der Waals surface area contributed by atoms with E-state index >= 15 is 0 Å². The molecule has 27 heavy (non-hydrogen) atoms. The second kappa shape index (κ2) is 7.50. The number of aliphatic hydroxyl groups excluding tert-OH is 1. The van der Waals surface area contributed by atoms with E-state index in [4.69, 9.17) is 12.2 Å². The van der Waals surface area contributed by atoms with Crippen LogP contribution in [0.1, 0.15) is 29.0 Å². The van der Waals surface area contributed by atoms with Crippen molar-refractivity contribution in [3.05, 3.63) is 83.9 Å². The molecule has 0 radical (unpaired) electrons. The quantitative estimate of drug-likeness (QED) is 0.668. The van der Waals surface area contributed by atoms with Gasteiger partial charge in [0.25, 0.3) is 0 Å². The number of aryl methyl sites for hydroxylation is 1. The summed E-state index contributed by atoms with van der Waals surface area (Å²) in [6.45, 7) is 2.60. The minimum absolute atomic E-state index is 0.0401. The molecule has 2 aromatic heterocycles. The van der Waals surface area contributed by atoms with Gasteiger partial charge in [0, 0.05) is 30.3 Å². The summed E-state index contributed by atoms with van der Waals surface area (Å²) >= 11 is 5.58. The Bertz CT molecular complexity index is 940. The molecular weight excluding hydrogens is 356 g/mol. The van der Waals surface area contributed by atoms with Crippen molar-refractivity contribution in [1.29, 1.82) is 0 Å². The largest absolute Gasteiger partial charge is 0.395 e. The smallest absolute Gasteiger partial charge is 0.170 e. The van der Waals surface area contributed by atoms with Gasteiger partial charge in [-0.25, -0.2) is 0 Å². The molecule has 2 N–H and O–H groups in total. The maximum Gasteiger partial charge on any atom is 0.170 e. The van der Waals surface area contributed by atoms with Gasteiger partial charge in [-0.05, 0) is 61.1 Å². The zero-order chi connectivity index (χ0) is 18.8. The number of pyridine rings is 1.